The van der Waals surface area contributed by atoms with Crippen molar-refractivity contribution in [2.24, 2.45) is 0 Å². The van der Waals surface area contributed by atoms with Gasteiger partial charge < -0.3 is 0 Å². The van der Waals surface area contributed by atoms with Crippen LogP contribution in [-0.4, -0.2) is 22.1 Å². The molecule has 0 saturated carbocycles. The largest absolute Gasteiger partial charge is 0.433 e. The molecule has 0 aliphatic heterocycles. The van der Waals surface area contributed by atoms with E-state index >= 15 is 0 Å². The minimum Gasteiger partial charge on any atom is -0.220 e. The molecule has 0 heterocycles. The highest BCUT2D eigenvalue weighted by atomic mass is 32.1. The van der Waals surface area contributed by atoms with Gasteiger partial charge in [-0.3, -0.25) is 0 Å². The highest BCUT2D eigenvalue weighted by Gasteiger charge is 2.72. The maximum Gasteiger partial charge on any atom is 0.433 e. The second-order valence-electron chi connectivity index (χ2n) is 2.69. The fourth-order valence-electron chi connectivity index (χ4n) is 0.464. The maximum absolute atomic E-state index is 12.8. The Hall–Kier alpha value is 0.210. The molecule has 0 aromatic carbocycles. The van der Waals surface area contributed by atoms with E-state index in [1.165, 1.54) is 0 Å². The smallest absolute Gasteiger partial charge is 0.220 e. The van der Waals surface area contributed by atoms with Crippen LogP contribution in [0.25, 0.3) is 0 Å². The lowest BCUT2D eigenvalue weighted by molar-refractivity contribution is -0.250. The summed E-state index contributed by atoms with van der Waals surface area (Å²) in [6, 6.07) is 0. The zero-order valence-electron chi connectivity index (χ0n) is 6.54. The summed E-state index contributed by atoms with van der Waals surface area (Å²) in [5, 5.41) is -4.75. The molecule has 2 atom stereocenters. The molecule has 86 valence electrons. The molecule has 2 unspecified atom stereocenters. The summed E-state index contributed by atoms with van der Waals surface area (Å²) >= 11 is 5.00. The number of rotatable bonds is 1. The summed E-state index contributed by atoms with van der Waals surface area (Å²) in [7, 11) is 0. The van der Waals surface area contributed by atoms with Gasteiger partial charge in [-0.25, -0.2) is 4.39 Å². The molecule has 0 rings (SSSR count). The van der Waals surface area contributed by atoms with Crippen molar-refractivity contribution in [1.82, 2.24) is 0 Å². The minimum atomic E-state index is -5.76. The number of hydrogen-bond donors (Lipinski definition) is 2. The number of hydrogen-bond acceptors (Lipinski definition) is 2. The van der Waals surface area contributed by atoms with Gasteiger partial charge in [-0.05, 0) is 6.92 Å². The fraction of sp³-hybridized carbons (Fsp3) is 1.00. The Balaban J connectivity index is 5.30. The number of halogens is 7. The number of thiol groups is 2. The first kappa shape index (κ1) is 14.2. The van der Waals surface area contributed by atoms with Crippen molar-refractivity contribution in [2.75, 3.05) is 0 Å². The van der Waals surface area contributed by atoms with E-state index in [1.54, 1.807) is 0 Å². The van der Waals surface area contributed by atoms with Gasteiger partial charge >= 0.3 is 12.4 Å². The highest BCUT2D eigenvalue weighted by molar-refractivity contribution is 7.86. The molecular formula is C5H5F7S2. The molecule has 0 aliphatic carbocycles. The van der Waals surface area contributed by atoms with Gasteiger partial charge in [0.2, 0.25) is 0 Å². The molecule has 0 bridgehead atoms. The Bertz CT molecular complexity index is 189. The second kappa shape index (κ2) is 3.36. The molecule has 0 radical (unpaired) electrons. The lowest BCUT2D eigenvalue weighted by Gasteiger charge is -2.37. The van der Waals surface area contributed by atoms with Crippen LogP contribution < -0.4 is 0 Å². The van der Waals surface area contributed by atoms with E-state index in [-0.39, 0.29) is 6.92 Å². The monoisotopic (exact) mass is 262 g/mol. The van der Waals surface area contributed by atoms with E-state index < -0.39 is 22.1 Å². The quantitative estimate of drug-likeness (QED) is 0.525. The molecule has 0 fully saturated rings. The van der Waals surface area contributed by atoms with Crippen LogP contribution in [0.2, 0.25) is 0 Å². The van der Waals surface area contributed by atoms with E-state index in [0.29, 0.717) is 0 Å². The molecular weight excluding hydrogens is 257 g/mol. The third kappa shape index (κ3) is 2.07. The SMILES string of the molecule is CC(S)(C(F)(F)F)C(F)(S)C(F)(F)F. The molecule has 0 saturated heterocycles. The predicted molar refractivity (Wildman–Crippen MR) is 42.3 cm³/mol. The van der Waals surface area contributed by atoms with Crippen LogP contribution >= 0.6 is 25.3 Å². The Morgan fingerprint density at radius 2 is 1.00 bits per heavy atom. The first-order chi connectivity index (χ1) is 5.75. The number of alkyl halides is 7. The summed E-state index contributed by atoms with van der Waals surface area (Å²) in [4.78, 5) is 0. The first-order valence-electron chi connectivity index (χ1n) is 3.02. The predicted octanol–water partition coefficient (Wildman–Crippen LogP) is 3.40. The fourth-order valence-corrected chi connectivity index (χ4v) is 0.717. The van der Waals surface area contributed by atoms with Crippen molar-refractivity contribution in [3.05, 3.63) is 0 Å². The van der Waals surface area contributed by atoms with Crippen molar-refractivity contribution in [3.8, 4) is 0 Å². The van der Waals surface area contributed by atoms with Crippen molar-refractivity contribution in [1.29, 1.82) is 0 Å². The molecule has 0 spiro atoms. The molecule has 0 nitrogen and oxygen atoms in total. The zero-order valence-corrected chi connectivity index (χ0v) is 8.33. The minimum absolute atomic E-state index is 0.0311. The molecule has 9 heteroatoms. The van der Waals surface area contributed by atoms with E-state index in [4.69, 9.17) is 0 Å². The highest BCUT2D eigenvalue weighted by Crippen LogP contribution is 2.54. The standard InChI is InChI=1S/C5H5F7S2/c1-2(13,4(7,8)9)3(6,14)5(10,11)12/h13-14H,1H3. The lowest BCUT2D eigenvalue weighted by Crippen LogP contribution is -2.59. The van der Waals surface area contributed by atoms with Crippen LogP contribution in [0.1, 0.15) is 6.92 Å². The van der Waals surface area contributed by atoms with Gasteiger partial charge in [-0.15, -0.1) is 12.6 Å². The average molecular weight is 262 g/mol. The molecule has 0 aromatic heterocycles. The summed E-state index contributed by atoms with van der Waals surface area (Å²) in [6.07, 6.45) is -11.2. The van der Waals surface area contributed by atoms with Crippen molar-refractivity contribution in [2.45, 2.75) is 29.0 Å². The van der Waals surface area contributed by atoms with Crippen LogP contribution in [0, 0.1) is 0 Å². The van der Waals surface area contributed by atoms with Crippen LogP contribution in [-0.2, 0) is 0 Å². The topological polar surface area (TPSA) is 0 Å². The average Bonchev–Trinajstić information content (AvgIpc) is 1.81. The second-order valence-corrected chi connectivity index (χ2v) is 4.20. The Morgan fingerprint density at radius 3 is 1.07 bits per heavy atom. The first-order valence-corrected chi connectivity index (χ1v) is 3.91. The maximum atomic E-state index is 12.8. The normalized spacial score (nSPS) is 22.7. The zero-order chi connectivity index (χ0) is 12.0. The van der Waals surface area contributed by atoms with Crippen molar-refractivity contribution < 1.29 is 30.7 Å². The Kier molecular flexibility index (Phi) is 3.41. The molecule has 0 aromatic rings. The van der Waals surface area contributed by atoms with Crippen molar-refractivity contribution in [3.63, 3.8) is 0 Å². The van der Waals surface area contributed by atoms with E-state index in [1.807, 2.05) is 0 Å². The Morgan fingerprint density at radius 1 is 0.714 bits per heavy atom. The van der Waals surface area contributed by atoms with Gasteiger partial charge in [0.15, 0.2) is 4.75 Å². The summed E-state index contributed by atoms with van der Waals surface area (Å²) in [6.45, 7) is -0.0311. The molecule has 14 heavy (non-hydrogen) atoms. The van der Waals surface area contributed by atoms with E-state index in [0.717, 1.165) is 0 Å². The van der Waals surface area contributed by atoms with Crippen LogP contribution in [0.15, 0.2) is 0 Å². The van der Waals surface area contributed by atoms with E-state index in [9.17, 15) is 30.7 Å². The Labute approximate surface area is 85.7 Å². The molecule has 0 amide bonds. The van der Waals surface area contributed by atoms with E-state index in [2.05, 4.69) is 25.3 Å². The van der Waals surface area contributed by atoms with Crippen LogP contribution in [0.5, 0.6) is 0 Å². The van der Waals surface area contributed by atoms with Gasteiger partial charge in [0, 0.05) is 0 Å². The summed E-state index contributed by atoms with van der Waals surface area (Å²) < 4.78 is 80.5. The lowest BCUT2D eigenvalue weighted by atomic mass is 10.0. The van der Waals surface area contributed by atoms with Gasteiger partial charge in [-0.2, -0.15) is 39.0 Å². The van der Waals surface area contributed by atoms with Gasteiger partial charge in [0.05, 0.1) is 0 Å². The van der Waals surface area contributed by atoms with Gasteiger partial charge in [0.1, 0.15) is 0 Å². The summed E-state index contributed by atoms with van der Waals surface area (Å²) in [5.74, 6) is 0. The van der Waals surface area contributed by atoms with Gasteiger partial charge in [-0.1, -0.05) is 0 Å². The van der Waals surface area contributed by atoms with Crippen LogP contribution in [0.3, 0.4) is 0 Å². The van der Waals surface area contributed by atoms with Crippen molar-refractivity contribution >= 4 is 25.3 Å². The van der Waals surface area contributed by atoms with Gasteiger partial charge in [0.25, 0.3) is 5.00 Å². The third-order valence-electron chi connectivity index (χ3n) is 1.57. The summed E-state index contributed by atoms with van der Waals surface area (Å²) in [5.41, 5.74) is 0. The third-order valence-corrected chi connectivity index (χ3v) is 3.01. The van der Waals surface area contributed by atoms with Crippen LogP contribution in [0.4, 0.5) is 30.7 Å². The molecule has 0 aliphatic rings. The molecule has 0 N–H and O–H groups in total.